The summed E-state index contributed by atoms with van der Waals surface area (Å²) < 4.78 is 36.5. The first-order valence-corrected chi connectivity index (χ1v) is 5.45. The van der Waals surface area contributed by atoms with E-state index in [4.69, 9.17) is 5.11 Å². The highest BCUT2D eigenvalue weighted by atomic mass is 19.4. The van der Waals surface area contributed by atoms with E-state index in [0.29, 0.717) is 6.42 Å². The van der Waals surface area contributed by atoms with Crippen molar-refractivity contribution in [1.29, 1.82) is 0 Å². The van der Waals surface area contributed by atoms with Crippen LogP contribution in [0, 0.1) is 0 Å². The number of carbonyl (C=O) groups excluding carboxylic acids is 1. The molecule has 0 aliphatic heterocycles. The molecule has 1 atom stereocenters. The molecule has 0 aromatic heterocycles. The zero-order valence-electron chi connectivity index (χ0n) is 10.3. The Bertz CT molecular complexity index is 295. The minimum Gasteiger partial charge on any atom is -0.480 e. The van der Waals surface area contributed by atoms with Crippen molar-refractivity contribution in [3.63, 3.8) is 0 Å². The number of alkyl halides is 3. The molecule has 0 saturated heterocycles. The molecule has 18 heavy (non-hydrogen) atoms. The molecule has 2 N–H and O–H groups in total. The van der Waals surface area contributed by atoms with Gasteiger partial charge in [-0.2, -0.15) is 13.2 Å². The van der Waals surface area contributed by atoms with Crippen molar-refractivity contribution in [2.24, 2.45) is 0 Å². The second-order valence-corrected chi connectivity index (χ2v) is 3.95. The van der Waals surface area contributed by atoms with Gasteiger partial charge in [0.2, 0.25) is 5.91 Å². The van der Waals surface area contributed by atoms with Crippen molar-refractivity contribution in [1.82, 2.24) is 10.2 Å². The first-order chi connectivity index (χ1) is 8.15. The molecule has 106 valence electrons. The fraction of sp³-hybridized carbons (Fsp3) is 0.800. The van der Waals surface area contributed by atoms with Crippen LogP contribution in [-0.4, -0.2) is 53.7 Å². The molecule has 0 fully saturated rings. The van der Waals surface area contributed by atoms with Gasteiger partial charge in [-0.05, 0) is 13.3 Å². The predicted octanol–water partition coefficient (Wildman–Crippen LogP) is 0.850. The minimum absolute atomic E-state index is 0.0217. The maximum atomic E-state index is 12.2. The largest absolute Gasteiger partial charge is 0.480 e. The van der Waals surface area contributed by atoms with Crippen molar-refractivity contribution in [2.45, 2.75) is 32.5 Å². The highest BCUT2D eigenvalue weighted by Gasteiger charge is 2.33. The van der Waals surface area contributed by atoms with Gasteiger partial charge in [0.1, 0.15) is 13.1 Å². The van der Waals surface area contributed by atoms with Gasteiger partial charge in [0.05, 0.1) is 6.54 Å². The normalized spacial score (nSPS) is 13.2. The van der Waals surface area contributed by atoms with Crippen LogP contribution in [0.4, 0.5) is 13.2 Å². The third kappa shape index (κ3) is 7.88. The Morgan fingerprint density at radius 2 is 1.94 bits per heavy atom. The smallest absolute Gasteiger partial charge is 0.406 e. The molecule has 0 spiro atoms. The summed E-state index contributed by atoms with van der Waals surface area (Å²) in [6.45, 7) is 0.810. The van der Waals surface area contributed by atoms with E-state index >= 15 is 0 Å². The van der Waals surface area contributed by atoms with Gasteiger partial charge in [0.25, 0.3) is 0 Å². The summed E-state index contributed by atoms with van der Waals surface area (Å²) in [6.07, 6.45) is -3.90. The third-order valence-electron chi connectivity index (χ3n) is 2.26. The summed E-state index contributed by atoms with van der Waals surface area (Å²) in [7, 11) is 0. The second kappa shape index (κ2) is 7.20. The Balaban J connectivity index is 4.45. The summed E-state index contributed by atoms with van der Waals surface area (Å²) in [5.74, 6) is -2.36. The van der Waals surface area contributed by atoms with Crippen LogP contribution in [0.1, 0.15) is 20.3 Å². The molecule has 5 nitrogen and oxygen atoms in total. The molecule has 0 rings (SSSR count). The molecule has 0 aliphatic carbocycles. The molecule has 0 bridgehead atoms. The average Bonchev–Trinajstić information content (AvgIpc) is 2.21. The first-order valence-electron chi connectivity index (χ1n) is 5.45. The minimum atomic E-state index is -4.61. The van der Waals surface area contributed by atoms with Gasteiger partial charge in [0, 0.05) is 6.04 Å². The zero-order chi connectivity index (χ0) is 14.3. The standard InChI is InChI=1S/C10H17F3N2O3/c1-3-7(2)14-4-8(16)15(5-9(17)18)6-10(11,12)13/h7,14H,3-6H2,1-2H3,(H,17,18). The van der Waals surface area contributed by atoms with Gasteiger partial charge in [0.15, 0.2) is 0 Å². The third-order valence-corrected chi connectivity index (χ3v) is 2.26. The Hall–Kier alpha value is -1.31. The maximum absolute atomic E-state index is 12.2. The Morgan fingerprint density at radius 3 is 2.33 bits per heavy atom. The Kier molecular flexibility index (Phi) is 6.67. The summed E-state index contributed by atoms with van der Waals surface area (Å²) in [5.41, 5.74) is 0. The van der Waals surface area contributed by atoms with Gasteiger partial charge < -0.3 is 15.3 Å². The van der Waals surface area contributed by atoms with Crippen LogP contribution in [0.15, 0.2) is 0 Å². The highest BCUT2D eigenvalue weighted by Crippen LogP contribution is 2.16. The number of rotatable bonds is 7. The Labute approximate surface area is 103 Å². The molecule has 1 unspecified atom stereocenters. The number of aliphatic carboxylic acids is 1. The fourth-order valence-electron chi connectivity index (χ4n) is 1.13. The summed E-state index contributed by atoms with van der Waals surface area (Å²) in [5, 5.41) is 11.2. The SMILES string of the molecule is CCC(C)NCC(=O)N(CC(=O)O)CC(F)(F)F. The molecule has 0 aliphatic rings. The average molecular weight is 270 g/mol. The van der Waals surface area contributed by atoms with Crippen molar-refractivity contribution in [2.75, 3.05) is 19.6 Å². The molecule has 0 radical (unpaired) electrons. The van der Waals surface area contributed by atoms with E-state index in [1.54, 1.807) is 6.92 Å². The van der Waals surface area contributed by atoms with Crippen LogP contribution in [0.5, 0.6) is 0 Å². The van der Waals surface area contributed by atoms with Crippen LogP contribution in [-0.2, 0) is 9.59 Å². The quantitative estimate of drug-likeness (QED) is 0.719. The molecule has 1 amide bonds. The van der Waals surface area contributed by atoms with E-state index in [2.05, 4.69) is 5.32 Å². The van der Waals surface area contributed by atoms with E-state index < -0.39 is 31.1 Å². The number of carboxylic acid groups (broad SMARTS) is 1. The predicted molar refractivity (Wildman–Crippen MR) is 58.0 cm³/mol. The van der Waals surface area contributed by atoms with Crippen LogP contribution >= 0.6 is 0 Å². The first kappa shape index (κ1) is 16.7. The fourth-order valence-corrected chi connectivity index (χ4v) is 1.13. The number of nitrogens with one attached hydrogen (secondary N) is 1. The highest BCUT2D eigenvalue weighted by molar-refractivity contribution is 5.82. The lowest BCUT2D eigenvalue weighted by atomic mass is 10.2. The molecule has 8 heteroatoms. The lowest BCUT2D eigenvalue weighted by Crippen LogP contribution is -2.46. The van der Waals surface area contributed by atoms with E-state index in [9.17, 15) is 22.8 Å². The number of hydrogen-bond acceptors (Lipinski definition) is 3. The number of nitrogens with zero attached hydrogens (tertiary/aromatic N) is 1. The van der Waals surface area contributed by atoms with Gasteiger partial charge in [-0.25, -0.2) is 0 Å². The van der Waals surface area contributed by atoms with Gasteiger partial charge in [-0.15, -0.1) is 0 Å². The molecule has 0 saturated carbocycles. The lowest BCUT2D eigenvalue weighted by molar-refractivity contribution is -0.165. The van der Waals surface area contributed by atoms with Gasteiger partial charge in [-0.3, -0.25) is 9.59 Å². The van der Waals surface area contributed by atoms with Crippen LogP contribution in [0.2, 0.25) is 0 Å². The van der Waals surface area contributed by atoms with Crippen molar-refractivity contribution < 1.29 is 27.9 Å². The zero-order valence-corrected chi connectivity index (χ0v) is 10.3. The monoisotopic (exact) mass is 270 g/mol. The van der Waals surface area contributed by atoms with Crippen molar-refractivity contribution in [3.05, 3.63) is 0 Å². The molecular weight excluding hydrogens is 253 g/mol. The topological polar surface area (TPSA) is 69.6 Å². The number of hydrogen-bond donors (Lipinski definition) is 2. The van der Waals surface area contributed by atoms with E-state index in [-0.39, 0.29) is 17.5 Å². The van der Waals surface area contributed by atoms with Crippen LogP contribution in [0.3, 0.4) is 0 Å². The summed E-state index contributed by atoms with van der Waals surface area (Å²) in [4.78, 5) is 22.2. The van der Waals surface area contributed by atoms with Crippen LogP contribution in [0.25, 0.3) is 0 Å². The van der Waals surface area contributed by atoms with Crippen molar-refractivity contribution >= 4 is 11.9 Å². The van der Waals surface area contributed by atoms with Gasteiger partial charge in [-0.1, -0.05) is 6.92 Å². The van der Waals surface area contributed by atoms with Gasteiger partial charge >= 0.3 is 12.1 Å². The number of halogens is 3. The van der Waals surface area contributed by atoms with E-state index in [1.165, 1.54) is 0 Å². The molecular formula is C10H17F3N2O3. The molecule has 0 aromatic rings. The summed E-state index contributed by atoms with van der Waals surface area (Å²) >= 11 is 0. The number of carbonyl (C=O) groups is 2. The van der Waals surface area contributed by atoms with E-state index in [0.717, 1.165) is 0 Å². The number of carboxylic acids is 1. The number of amides is 1. The van der Waals surface area contributed by atoms with Crippen molar-refractivity contribution in [3.8, 4) is 0 Å². The van der Waals surface area contributed by atoms with Crippen LogP contribution < -0.4 is 5.32 Å². The maximum Gasteiger partial charge on any atom is 0.406 e. The lowest BCUT2D eigenvalue weighted by Gasteiger charge is -2.23. The summed E-state index contributed by atoms with van der Waals surface area (Å²) in [6, 6.07) is -0.0217. The second-order valence-electron chi connectivity index (χ2n) is 3.95. The Morgan fingerprint density at radius 1 is 1.39 bits per heavy atom. The molecule has 0 aromatic carbocycles. The van der Waals surface area contributed by atoms with E-state index in [1.807, 2.05) is 6.92 Å². The molecule has 0 heterocycles.